The van der Waals surface area contributed by atoms with Gasteiger partial charge in [-0.1, -0.05) is 17.8 Å². The van der Waals surface area contributed by atoms with E-state index in [4.69, 9.17) is 14.2 Å². The fraction of sp³-hybridized carbons (Fsp3) is 0.167. The molecular formula is C12H10N2O3S. The third kappa shape index (κ3) is 2.06. The number of benzene rings is 1. The van der Waals surface area contributed by atoms with Gasteiger partial charge in [-0.15, -0.1) is 0 Å². The molecule has 0 bridgehead atoms. The van der Waals surface area contributed by atoms with Gasteiger partial charge < -0.3 is 14.2 Å². The van der Waals surface area contributed by atoms with Crippen molar-refractivity contribution in [1.29, 1.82) is 0 Å². The van der Waals surface area contributed by atoms with Crippen LogP contribution in [0.3, 0.4) is 0 Å². The Morgan fingerprint density at radius 2 is 2.22 bits per heavy atom. The SMILES string of the molecule is CSc1nccc(Oc2cccc3c2OCO3)n1. The van der Waals surface area contributed by atoms with Gasteiger partial charge in [0.25, 0.3) is 0 Å². The normalized spacial score (nSPS) is 12.5. The number of ether oxygens (including phenoxy) is 3. The largest absolute Gasteiger partial charge is 0.453 e. The summed E-state index contributed by atoms with van der Waals surface area (Å²) >= 11 is 1.46. The number of hydrogen-bond acceptors (Lipinski definition) is 6. The molecule has 1 aliphatic rings. The molecule has 0 fully saturated rings. The molecule has 0 amide bonds. The Kier molecular flexibility index (Phi) is 2.93. The van der Waals surface area contributed by atoms with Crippen LogP contribution < -0.4 is 14.2 Å². The van der Waals surface area contributed by atoms with E-state index in [1.54, 1.807) is 12.3 Å². The molecule has 3 rings (SSSR count). The summed E-state index contributed by atoms with van der Waals surface area (Å²) in [5, 5.41) is 0.664. The van der Waals surface area contributed by atoms with Crippen LogP contribution in [0, 0.1) is 0 Å². The number of rotatable bonds is 3. The van der Waals surface area contributed by atoms with Gasteiger partial charge in [0.2, 0.25) is 18.4 Å². The average molecular weight is 262 g/mol. The van der Waals surface area contributed by atoms with E-state index in [0.29, 0.717) is 28.3 Å². The highest BCUT2D eigenvalue weighted by Crippen LogP contribution is 2.42. The summed E-state index contributed by atoms with van der Waals surface area (Å²) < 4.78 is 16.3. The zero-order chi connectivity index (χ0) is 12.4. The van der Waals surface area contributed by atoms with Crippen molar-refractivity contribution >= 4 is 11.8 Å². The van der Waals surface area contributed by atoms with E-state index < -0.39 is 0 Å². The Morgan fingerprint density at radius 1 is 1.28 bits per heavy atom. The van der Waals surface area contributed by atoms with Gasteiger partial charge in [0.15, 0.2) is 16.7 Å². The van der Waals surface area contributed by atoms with Crippen molar-refractivity contribution in [2.75, 3.05) is 13.0 Å². The maximum Gasteiger partial charge on any atom is 0.231 e. The molecule has 0 spiro atoms. The predicted molar refractivity (Wildman–Crippen MR) is 66.5 cm³/mol. The van der Waals surface area contributed by atoms with Crippen molar-refractivity contribution < 1.29 is 14.2 Å². The Hall–Kier alpha value is -1.95. The third-order valence-electron chi connectivity index (χ3n) is 2.37. The van der Waals surface area contributed by atoms with Crippen molar-refractivity contribution in [1.82, 2.24) is 9.97 Å². The molecule has 1 aromatic heterocycles. The van der Waals surface area contributed by atoms with E-state index in [9.17, 15) is 0 Å². The maximum atomic E-state index is 5.69. The standard InChI is InChI=1S/C12H10N2O3S/c1-18-12-13-6-5-10(14-12)17-9-4-2-3-8-11(9)16-7-15-8/h2-6H,7H2,1H3. The first-order valence-electron chi connectivity index (χ1n) is 5.30. The Bertz CT molecular complexity index is 577. The summed E-state index contributed by atoms with van der Waals surface area (Å²) in [4.78, 5) is 8.33. The lowest BCUT2D eigenvalue weighted by atomic mass is 10.3. The van der Waals surface area contributed by atoms with Gasteiger partial charge >= 0.3 is 0 Å². The Labute approximate surface area is 108 Å². The van der Waals surface area contributed by atoms with Crippen LogP contribution >= 0.6 is 11.8 Å². The molecular weight excluding hydrogens is 252 g/mol. The minimum Gasteiger partial charge on any atom is -0.453 e. The first-order valence-corrected chi connectivity index (χ1v) is 6.53. The molecule has 6 heteroatoms. The van der Waals surface area contributed by atoms with E-state index in [0.717, 1.165) is 0 Å². The second-order valence-corrected chi connectivity index (χ2v) is 4.25. The van der Waals surface area contributed by atoms with Crippen LogP contribution in [0.5, 0.6) is 23.1 Å². The summed E-state index contributed by atoms with van der Waals surface area (Å²) in [6.45, 7) is 0.218. The minimum atomic E-state index is 0.218. The number of fused-ring (bicyclic) bond motifs is 1. The molecule has 5 nitrogen and oxygen atoms in total. The number of hydrogen-bond donors (Lipinski definition) is 0. The van der Waals surface area contributed by atoms with Crippen molar-refractivity contribution in [3.63, 3.8) is 0 Å². The van der Waals surface area contributed by atoms with Gasteiger partial charge in [-0.05, 0) is 18.4 Å². The highest BCUT2D eigenvalue weighted by molar-refractivity contribution is 7.98. The van der Waals surface area contributed by atoms with Crippen molar-refractivity contribution in [2.45, 2.75) is 5.16 Å². The lowest BCUT2D eigenvalue weighted by molar-refractivity contribution is 0.171. The van der Waals surface area contributed by atoms with Gasteiger partial charge in [-0.2, -0.15) is 4.98 Å². The van der Waals surface area contributed by atoms with Gasteiger partial charge in [0, 0.05) is 12.3 Å². The Morgan fingerprint density at radius 3 is 3.11 bits per heavy atom. The minimum absolute atomic E-state index is 0.218. The number of aromatic nitrogens is 2. The molecule has 0 unspecified atom stereocenters. The fourth-order valence-corrected chi connectivity index (χ4v) is 1.92. The molecule has 0 N–H and O–H groups in total. The summed E-state index contributed by atoms with van der Waals surface area (Å²) in [5.41, 5.74) is 0. The first kappa shape index (κ1) is 11.2. The molecule has 2 aromatic rings. The maximum absolute atomic E-state index is 5.69. The van der Waals surface area contributed by atoms with Gasteiger partial charge in [0.1, 0.15) is 0 Å². The first-order chi connectivity index (χ1) is 8.86. The summed E-state index contributed by atoms with van der Waals surface area (Å²) in [5.74, 6) is 2.38. The van der Waals surface area contributed by atoms with Crippen LogP contribution in [0.4, 0.5) is 0 Å². The molecule has 0 saturated carbocycles. The van der Waals surface area contributed by atoms with Gasteiger partial charge in [-0.25, -0.2) is 4.98 Å². The van der Waals surface area contributed by atoms with E-state index >= 15 is 0 Å². The predicted octanol–water partition coefficient (Wildman–Crippen LogP) is 2.72. The smallest absolute Gasteiger partial charge is 0.231 e. The third-order valence-corrected chi connectivity index (χ3v) is 2.93. The van der Waals surface area contributed by atoms with Gasteiger partial charge in [0.05, 0.1) is 0 Å². The summed E-state index contributed by atoms with van der Waals surface area (Å²) in [6, 6.07) is 7.20. The van der Waals surface area contributed by atoms with Crippen molar-refractivity contribution in [2.24, 2.45) is 0 Å². The zero-order valence-electron chi connectivity index (χ0n) is 9.62. The monoisotopic (exact) mass is 262 g/mol. The lowest BCUT2D eigenvalue weighted by Gasteiger charge is -2.07. The Balaban J connectivity index is 1.90. The molecule has 1 aromatic carbocycles. The molecule has 2 heterocycles. The molecule has 92 valence electrons. The van der Waals surface area contributed by atoms with Crippen LogP contribution in [0.15, 0.2) is 35.6 Å². The van der Waals surface area contributed by atoms with Crippen LogP contribution in [-0.2, 0) is 0 Å². The average Bonchev–Trinajstić information content (AvgIpc) is 2.88. The van der Waals surface area contributed by atoms with Crippen LogP contribution in [0.25, 0.3) is 0 Å². The number of thioether (sulfide) groups is 1. The van der Waals surface area contributed by atoms with E-state index in [2.05, 4.69) is 9.97 Å². The van der Waals surface area contributed by atoms with E-state index in [1.165, 1.54) is 11.8 Å². The lowest BCUT2D eigenvalue weighted by Crippen LogP contribution is -1.95. The van der Waals surface area contributed by atoms with Crippen molar-refractivity contribution in [3.8, 4) is 23.1 Å². The van der Waals surface area contributed by atoms with Crippen LogP contribution in [-0.4, -0.2) is 23.0 Å². The number of para-hydroxylation sites is 1. The fourth-order valence-electron chi connectivity index (χ4n) is 1.58. The van der Waals surface area contributed by atoms with Crippen LogP contribution in [0.2, 0.25) is 0 Å². The molecule has 0 aliphatic carbocycles. The molecule has 0 radical (unpaired) electrons. The van der Waals surface area contributed by atoms with Crippen molar-refractivity contribution in [3.05, 3.63) is 30.5 Å². The quantitative estimate of drug-likeness (QED) is 0.626. The molecule has 0 atom stereocenters. The van der Waals surface area contributed by atoms with E-state index in [-0.39, 0.29) is 6.79 Å². The zero-order valence-corrected chi connectivity index (χ0v) is 10.4. The second-order valence-electron chi connectivity index (χ2n) is 3.47. The highest BCUT2D eigenvalue weighted by Gasteiger charge is 2.19. The second kappa shape index (κ2) is 4.73. The number of nitrogens with zero attached hydrogens (tertiary/aromatic N) is 2. The molecule has 1 aliphatic heterocycles. The van der Waals surface area contributed by atoms with Gasteiger partial charge in [-0.3, -0.25) is 0 Å². The highest BCUT2D eigenvalue weighted by atomic mass is 32.2. The van der Waals surface area contributed by atoms with E-state index in [1.807, 2.05) is 24.5 Å². The molecule has 18 heavy (non-hydrogen) atoms. The molecule has 0 saturated heterocycles. The van der Waals surface area contributed by atoms with Crippen LogP contribution in [0.1, 0.15) is 0 Å². The topological polar surface area (TPSA) is 53.5 Å². The summed E-state index contributed by atoms with van der Waals surface area (Å²) in [7, 11) is 0. The summed E-state index contributed by atoms with van der Waals surface area (Å²) in [6.07, 6.45) is 3.57.